The monoisotopic (exact) mass is 559 g/mol. The molecule has 3 heteroatoms. The Morgan fingerprint density at radius 3 is 1.70 bits per heavy atom. The van der Waals surface area contributed by atoms with Gasteiger partial charge in [-0.3, -0.25) is 0 Å². The van der Waals surface area contributed by atoms with Gasteiger partial charge in [0, 0.05) is 0 Å². The van der Waals surface area contributed by atoms with Gasteiger partial charge in [-0.05, 0) is 10.8 Å². The van der Waals surface area contributed by atoms with Crippen LogP contribution in [0.4, 0.5) is 5.69 Å². The van der Waals surface area contributed by atoms with Gasteiger partial charge in [-0.2, -0.15) is 5.92 Å². The van der Waals surface area contributed by atoms with Crippen LogP contribution < -0.4 is 0 Å². The molecule has 2 aliphatic carbocycles. The van der Waals surface area contributed by atoms with Gasteiger partial charge in [0.05, 0.1) is 0 Å². The Bertz CT molecular complexity index is 379. The number of nitrogens with zero attached hydrogens (tertiary/aromatic N) is 1. The number of rotatable bonds is 7. The molecule has 27 heavy (non-hydrogen) atoms. The summed E-state index contributed by atoms with van der Waals surface area (Å²) in [5.74, 6) is 0.433. The molecule has 0 spiro atoms. The summed E-state index contributed by atoms with van der Waals surface area (Å²) in [6.45, 7) is 6.37. The topological polar surface area (TPSA) is 14.1 Å². The Hall–Kier alpha value is 0.633. The van der Waals surface area contributed by atoms with Crippen molar-refractivity contribution in [2.24, 2.45) is 5.92 Å². The summed E-state index contributed by atoms with van der Waals surface area (Å²) < 4.78 is 1.24. The molecule has 0 heterocycles. The Balaban J connectivity index is 0.000000496. The van der Waals surface area contributed by atoms with E-state index >= 15 is 0 Å². The second kappa shape index (κ2) is 19.9. The third-order valence-electron chi connectivity index (χ3n) is 5.25. The predicted molar refractivity (Wildman–Crippen MR) is 127 cm³/mol. The molecule has 0 saturated heterocycles. The minimum absolute atomic E-state index is 0. The smallest absolute Gasteiger partial charge is 0.684 e. The number of alkyl halides is 1. The van der Waals surface area contributed by atoms with Crippen molar-refractivity contribution >= 4 is 28.3 Å². The molecule has 0 N–H and O–H groups in total. The van der Waals surface area contributed by atoms with Gasteiger partial charge in [-0.25, -0.2) is 0 Å². The number of para-hydroxylation sites is 1. The quantitative estimate of drug-likeness (QED) is 0.137. The van der Waals surface area contributed by atoms with E-state index in [-0.39, 0.29) is 26.2 Å². The van der Waals surface area contributed by atoms with Crippen LogP contribution in [0.1, 0.15) is 90.4 Å². The van der Waals surface area contributed by atoms with Gasteiger partial charge >= 0.3 is 26.2 Å². The summed E-state index contributed by atoms with van der Waals surface area (Å²) in [6.07, 6.45) is 18.7. The molecule has 1 aromatic carbocycles. The van der Waals surface area contributed by atoms with Gasteiger partial charge in [0.1, 0.15) is 0 Å². The van der Waals surface area contributed by atoms with Crippen LogP contribution in [0.3, 0.4) is 0 Å². The van der Waals surface area contributed by atoms with E-state index in [9.17, 15) is 0 Å². The molecular weight excluding hydrogens is 520 g/mol. The predicted octanol–water partition coefficient (Wildman–Crippen LogP) is 9.03. The molecule has 2 aliphatic rings. The number of hydrogen-bond acceptors (Lipinski definition) is 0. The number of unbranched alkanes of at least 4 members (excludes halogenated alkanes) is 1. The Labute approximate surface area is 202 Å². The third kappa shape index (κ3) is 16.2. The number of hydrogen-bond donors (Lipinski definition) is 0. The van der Waals surface area contributed by atoms with Crippen LogP contribution in [0.15, 0.2) is 30.3 Å². The van der Waals surface area contributed by atoms with Gasteiger partial charge in [-0.15, -0.1) is 11.7 Å². The molecule has 0 aromatic heterocycles. The largest absolute Gasteiger partial charge is 4.00 e. The summed E-state index contributed by atoms with van der Waals surface area (Å²) in [4.78, 5) is 0. The average molecular weight is 561 g/mol. The molecule has 1 aromatic rings. The van der Waals surface area contributed by atoms with Crippen LogP contribution in [0.25, 0.3) is 5.32 Å². The maximum Gasteiger partial charge on any atom is 4.00 e. The summed E-state index contributed by atoms with van der Waals surface area (Å²) >= 11 is 2.43. The molecule has 2 atom stereocenters. The van der Waals surface area contributed by atoms with Crippen molar-refractivity contribution in [3.8, 4) is 0 Å². The zero-order valence-corrected chi connectivity index (χ0v) is 22.1. The Kier molecular flexibility index (Phi) is 20.4. The van der Waals surface area contributed by atoms with Crippen molar-refractivity contribution in [3.63, 3.8) is 0 Å². The normalized spacial score (nSPS) is 17.4. The number of benzene rings is 1. The SMILES string of the molecule is C1CCCC1.C1CCCC1.[CH2-][C@H](CCCCI)[C@@H](C)[N-]c1ccccc1.[Zr+4]. The molecule has 1 nitrogen and oxygen atoms in total. The average Bonchev–Trinajstić information content (AvgIpc) is 3.41. The zero-order valence-electron chi connectivity index (χ0n) is 17.5. The first-order valence-corrected chi connectivity index (χ1v) is 12.4. The van der Waals surface area contributed by atoms with Crippen LogP contribution in [-0.4, -0.2) is 10.5 Å². The van der Waals surface area contributed by atoms with Crippen molar-refractivity contribution < 1.29 is 26.2 Å². The maximum atomic E-state index is 4.67. The van der Waals surface area contributed by atoms with Gasteiger partial charge in [-0.1, -0.05) is 137 Å². The Morgan fingerprint density at radius 1 is 0.852 bits per heavy atom. The molecule has 0 radical (unpaired) electrons. The van der Waals surface area contributed by atoms with E-state index in [2.05, 4.69) is 41.8 Å². The first-order chi connectivity index (χ1) is 12.7. The van der Waals surface area contributed by atoms with Gasteiger partial charge in [0.25, 0.3) is 0 Å². The summed E-state index contributed by atoms with van der Waals surface area (Å²) in [7, 11) is 0. The van der Waals surface area contributed by atoms with Crippen LogP contribution in [0.2, 0.25) is 0 Å². The standard InChI is InChI=1S/C14H20IN.2C5H10.Zr/c1-12(8-6-7-11-15)13(2)16-14-9-4-3-5-10-14;2*1-2-4-5-3-1;/h3-5,9-10,12-13H,1,6-8,11H2,2H3;2*1-5H2;/q-2;;;+4/t12-,13-;;;/m1.../s1. The zero-order chi connectivity index (χ0) is 18.9. The van der Waals surface area contributed by atoms with Crippen molar-refractivity contribution in [1.29, 1.82) is 0 Å². The van der Waals surface area contributed by atoms with Crippen molar-refractivity contribution in [3.05, 3.63) is 42.6 Å². The molecule has 2 saturated carbocycles. The molecule has 0 amide bonds. The minimum atomic E-state index is 0. The van der Waals surface area contributed by atoms with E-state index < -0.39 is 0 Å². The van der Waals surface area contributed by atoms with Gasteiger partial charge < -0.3 is 12.2 Å². The van der Waals surface area contributed by atoms with Crippen LogP contribution in [0.5, 0.6) is 0 Å². The fourth-order valence-corrected chi connectivity index (χ4v) is 3.90. The summed E-state index contributed by atoms with van der Waals surface area (Å²) in [5, 5.41) is 4.67. The molecule has 0 aliphatic heterocycles. The molecule has 0 bridgehead atoms. The van der Waals surface area contributed by atoms with Crippen molar-refractivity contribution in [2.45, 2.75) is 96.4 Å². The fraction of sp³-hybridized carbons (Fsp3) is 0.708. The summed E-state index contributed by atoms with van der Waals surface area (Å²) in [5.41, 5.74) is 1.07. The second-order valence-corrected chi connectivity index (χ2v) is 8.76. The maximum absolute atomic E-state index is 4.67. The van der Waals surface area contributed by atoms with E-state index in [0.717, 1.165) is 5.69 Å². The molecule has 3 rings (SSSR count). The first-order valence-electron chi connectivity index (χ1n) is 10.9. The third-order valence-corrected chi connectivity index (χ3v) is 6.01. The van der Waals surface area contributed by atoms with E-state index in [1.165, 1.54) is 87.9 Å². The van der Waals surface area contributed by atoms with Crippen LogP contribution in [0, 0.1) is 12.8 Å². The van der Waals surface area contributed by atoms with E-state index in [0.29, 0.717) is 12.0 Å². The van der Waals surface area contributed by atoms with Gasteiger partial charge in [0.15, 0.2) is 0 Å². The van der Waals surface area contributed by atoms with Crippen molar-refractivity contribution in [1.82, 2.24) is 0 Å². The van der Waals surface area contributed by atoms with E-state index in [1.54, 1.807) is 0 Å². The van der Waals surface area contributed by atoms with Crippen LogP contribution in [-0.2, 0) is 26.2 Å². The van der Waals surface area contributed by atoms with E-state index in [4.69, 9.17) is 0 Å². The van der Waals surface area contributed by atoms with Crippen molar-refractivity contribution in [2.75, 3.05) is 4.43 Å². The summed E-state index contributed by atoms with van der Waals surface area (Å²) in [6, 6.07) is 10.5. The second-order valence-electron chi connectivity index (χ2n) is 7.69. The molecular formula is C24H40INZr+2. The minimum Gasteiger partial charge on any atom is -0.684 e. The molecule has 150 valence electrons. The van der Waals surface area contributed by atoms with E-state index in [1.807, 2.05) is 30.3 Å². The van der Waals surface area contributed by atoms with Gasteiger partial charge in [0.2, 0.25) is 0 Å². The fourth-order valence-electron chi connectivity index (χ4n) is 3.36. The Morgan fingerprint density at radius 2 is 1.30 bits per heavy atom. The molecule has 0 unspecified atom stereocenters. The molecule has 2 fully saturated rings. The number of halogens is 1. The first kappa shape index (κ1) is 27.6. The van der Waals surface area contributed by atoms with Crippen LogP contribution >= 0.6 is 22.6 Å².